The van der Waals surface area contributed by atoms with Gasteiger partial charge in [0.1, 0.15) is 11.9 Å². The number of aromatic amines is 1. The molecule has 0 radical (unpaired) electrons. The van der Waals surface area contributed by atoms with Gasteiger partial charge in [-0.3, -0.25) is 9.69 Å². The Bertz CT molecular complexity index is 1330. The summed E-state index contributed by atoms with van der Waals surface area (Å²) in [7, 11) is 0. The van der Waals surface area contributed by atoms with Crippen LogP contribution >= 0.6 is 11.6 Å². The van der Waals surface area contributed by atoms with E-state index in [4.69, 9.17) is 11.6 Å². The maximum atomic E-state index is 11.4. The van der Waals surface area contributed by atoms with E-state index in [-0.39, 0.29) is 0 Å². The molecule has 5 rings (SSSR count). The van der Waals surface area contributed by atoms with Crippen LogP contribution in [0.3, 0.4) is 0 Å². The number of fused-ring (bicyclic) bond motifs is 1. The van der Waals surface area contributed by atoms with Crippen LogP contribution in [0.4, 0.5) is 0 Å². The highest BCUT2D eigenvalue weighted by Gasteiger charge is 2.26. The van der Waals surface area contributed by atoms with Crippen molar-refractivity contribution in [3.05, 3.63) is 100 Å². The molecule has 0 spiro atoms. The van der Waals surface area contributed by atoms with Crippen molar-refractivity contribution in [1.82, 2.24) is 14.9 Å². The smallest absolute Gasteiger partial charge is 0.320 e. The minimum Gasteiger partial charge on any atom is -0.480 e. The SMILES string of the molecule is C[C@@H](C(=O)O)N1CCc2c(Cc3ccc(Cl)c(-c4ncc(-c5ccccc5)[nH]4)c3)cccc2C1. The van der Waals surface area contributed by atoms with Crippen LogP contribution in [0.25, 0.3) is 22.6 Å². The zero-order valence-electron chi connectivity index (χ0n) is 19.0. The number of aromatic nitrogens is 2. The third-order valence-electron chi connectivity index (χ3n) is 6.64. The zero-order valence-corrected chi connectivity index (χ0v) is 19.7. The van der Waals surface area contributed by atoms with Crippen LogP contribution in [0.1, 0.15) is 29.2 Å². The van der Waals surface area contributed by atoms with Gasteiger partial charge in [-0.1, -0.05) is 66.2 Å². The van der Waals surface area contributed by atoms with Crippen molar-refractivity contribution in [2.75, 3.05) is 6.54 Å². The third-order valence-corrected chi connectivity index (χ3v) is 6.97. The van der Waals surface area contributed by atoms with E-state index in [1.54, 1.807) is 6.92 Å². The molecule has 34 heavy (non-hydrogen) atoms. The molecule has 0 bridgehead atoms. The maximum Gasteiger partial charge on any atom is 0.320 e. The topological polar surface area (TPSA) is 69.2 Å². The molecular formula is C28H26ClN3O2. The molecule has 1 atom stereocenters. The molecule has 2 N–H and O–H groups in total. The molecule has 3 aromatic carbocycles. The van der Waals surface area contributed by atoms with Crippen LogP contribution in [0.2, 0.25) is 5.02 Å². The largest absolute Gasteiger partial charge is 0.480 e. The van der Waals surface area contributed by atoms with E-state index in [1.165, 1.54) is 16.7 Å². The first-order valence-corrected chi connectivity index (χ1v) is 11.8. The minimum atomic E-state index is -0.776. The molecule has 1 aliphatic heterocycles. The third kappa shape index (κ3) is 4.49. The molecule has 0 unspecified atom stereocenters. The van der Waals surface area contributed by atoms with E-state index in [9.17, 15) is 9.90 Å². The molecule has 5 nitrogen and oxygen atoms in total. The molecule has 6 heteroatoms. The van der Waals surface area contributed by atoms with Crippen molar-refractivity contribution < 1.29 is 9.90 Å². The number of hydrogen-bond donors (Lipinski definition) is 2. The number of carbonyl (C=O) groups is 1. The van der Waals surface area contributed by atoms with Gasteiger partial charge in [-0.2, -0.15) is 0 Å². The molecule has 0 saturated carbocycles. The Morgan fingerprint density at radius 1 is 1.15 bits per heavy atom. The molecule has 172 valence electrons. The number of nitrogens with zero attached hydrogens (tertiary/aromatic N) is 2. The normalized spacial score (nSPS) is 14.5. The number of carboxylic acids is 1. The molecule has 0 fully saturated rings. The number of hydrogen-bond acceptors (Lipinski definition) is 3. The molecule has 2 heterocycles. The summed E-state index contributed by atoms with van der Waals surface area (Å²) in [5.41, 5.74) is 7.89. The molecule has 1 aliphatic rings. The van der Waals surface area contributed by atoms with Gasteiger partial charge < -0.3 is 10.1 Å². The quantitative estimate of drug-likeness (QED) is 0.372. The van der Waals surface area contributed by atoms with E-state index in [2.05, 4.69) is 40.3 Å². The Balaban J connectivity index is 1.40. The van der Waals surface area contributed by atoms with Gasteiger partial charge in [0.15, 0.2) is 0 Å². The number of nitrogens with one attached hydrogen (secondary N) is 1. The van der Waals surface area contributed by atoms with Gasteiger partial charge in [-0.05, 0) is 59.7 Å². The maximum absolute atomic E-state index is 11.4. The lowest BCUT2D eigenvalue weighted by Gasteiger charge is -2.32. The van der Waals surface area contributed by atoms with Gasteiger partial charge in [-0.25, -0.2) is 4.98 Å². The number of aliphatic carboxylic acids is 1. The second-order valence-electron chi connectivity index (χ2n) is 8.79. The summed E-state index contributed by atoms with van der Waals surface area (Å²) < 4.78 is 0. The second kappa shape index (κ2) is 9.45. The fourth-order valence-corrected chi connectivity index (χ4v) is 4.88. The van der Waals surface area contributed by atoms with Crippen molar-refractivity contribution >= 4 is 17.6 Å². The summed E-state index contributed by atoms with van der Waals surface area (Å²) in [5.74, 6) is -0.0271. The zero-order chi connectivity index (χ0) is 23.7. The van der Waals surface area contributed by atoms with Crippen molar-refractivity contribution in [3.63, 3.8) is 0 Å². The van der Waals surface area contributed by atoms with E-state index in [0.29, 0.717) is 11.6 Å². The first-order valence-electron chi connectivity index (χ1n) is 11.5. The van der Waals surface area contributed by atoms with E-state index in [0.717, 1.165) is 47.6 Å². The predicted octanol–water partition coefficient (Wildman–Crippen LogP) is 5.82. The summed E-state index contributed by atoms with van der Waals surface area (Å²) in [6, 6.07) is 22.1. The summed E-state index contributed by atoms with van der Waals surface area (Å²) in [5, 5.41) is 10.0. The Hall–Kier alpha value is -3.41. The van der Waals surface area contributed by atoms with Crippen molar-refractivity contribution in [1.29, 1.82) is 0 Å². The van der Waals surface area contributed by atoms with Crippen LogP contribution in [0, 0.1) is 0 Å². The minimum absolute atomic E-state index is 0.482. The van der Waals surface area contributed by atoms with Gasteiger partial charge in [0.25, 0.3) is 0 Å². The lowest BCUT2D eigenvalue weighted by atomic mass is 9.90. The van der Waals surface area contributed by atoms with Crippen LogP contribution in [0.15, 0.2) is 72.9 Å². The van der Waals surface area contributed by atoms with Gasteiger partial charge in [0.2, 0.25) is 0 Å². The molecular weight excluding hydrogens is 446 g/mol. The average Bonchev–Trinajstić information content (AvgIpc) is 3.35. The Morgan fingerprint density at radius 3 is 2.76 bits per heavy atom. The van der Waals surface area contributed by atoms with Crippen LogP contribution in [-0.2, 0) is 24.2 Å². The van der Waals surface area contributed by atoms with E-state index < -0.39 is 12.0 Å². The van der Waals surface area contributed by atoms with Crippen molar-refractivity contribution in [3.8, 4) is 22.6 Å². The van der Waals surface area contributed by atoms with Gasteiger partial charge in [-0.15, -0.1) is 0 Å². The van der Waals surface area contributed by atoms with Crippen LogP contribution in [0.5, 0.6) is 0 Å². The fraction of sp³-hybridized carbons (Fsp3) is 0.214. The second-order valence-corrected chi connectivity index (χ2v) is 9.20. The van der Waals surface area contributed by atoms with E-state index in [1.807, 2.05) is 47.5 Å². The van der Waals surface area contributed by atoms with E-state index >= 15 is 0 Å². The Kier molecular flexibility index (Phi) is 6.22. The Labute approximate surface area is 204 Å². The summed E-state index contributed by atoms with van der Waals surface area (Å²) in [6.07, 6.45) is 3.47. The monoisotopic (exact) mass is 471 g/mol. The van der Waals surface area contributed by atoms with Crippen molar-refractivity contribution in [2.45, 2.75) is 32.4 Å². The highest BCUT2D eigenvalue weighted by Crippen LogP contribution is 2.31. The number of benzene rings is 3. The number of carboxylic acid groups (broad SMARTS) is 1. The molecule has 0 amide bonds. The molecule has 4 aromatic rings. The molecule has 1 aromatic heterocycles. The van der Waals surface area contributed by atoms with Gasteiger partial charge >= 0.3 is 5.97 Å². The highest BCUT2D eigenvalue weighted by molar-refractivity contribution is 6.33. The molecule has 0 saturated heterocycles. The van der Waals surface area contributed by atoms with Crippen LogP contribution in [-0.4, -0.2) is 38.5 Å². The Morgan fingerprint density at radius 2 is 1.97 bits per heavy atom. The molecule has 0 aliphatic carbocycles. The number of rotatable bonds is 6. The lowest BCUT2D eigenvalue weighted by Crippen LogP contribution is -2.42. The number of imidazole rings is 1. The first-order chi connectivity index (χ1) is 16.5. The summed E-state index contributed by atoms with van der Waals surface area (Å²) in [4.78, 5) is 21.4. The van der Waals surface area contributed by atoms with Crippen LogP contribution < -0.4 is 0 Å². The predicted molar refractivity (Wildman–Crippen MR) is 135 cm³/mol. The summed E-state index contributed by atoms with van der Waals surface area (Å²) in [6.45, 7) is 3.17. The summed E-state index contributed by atoms with van der Waals surface area (Å²) >= 11 is 6.56. The van der Waals surface area contributed by atoms with Gasteiger partial charge in [0, 0.05) is 18.7 Å². The van der Waals surface area contributed by atoms with Gasteiger partial charge in [0.05, 0.1) is 16.9 Å². The average molecular weight is 472 g/mol. The first kappa shape index (κ1) is 22.4. The lowest BCUT2D eigenvalue weighted by molar-refractivity contribution is -0.143. The number of halogens is 1. The fourth-order valence-electron chi connectivity index (χ4n) is 4.67. The highest BCUT2D eigenvalue weighted by atomic mass is 35.5. The standard InChI is InChI=1S/C28H26ClN3O2/c1-18(28(33)34)32-13-12-23-21(8-5-9-22(23)17-32)14-19-10-11-25(29)24(15-19)27-30-16-26(31-27)20-6-3-2-4-7-20/h2-11,15-16,18H,12-14,17H2,1H3,(H,30,31)(H,33,34)/t18-/m0/s1. The van der Waals surface area contributed by atoms with Crippen molar-refractivity contribution in [2.24, 2.45) is 0 Å². The number of H-pyrrole nitrogens is 1.